The molecule has 0 saturated carbocycles. The van der Waals surface area contributed by atoms with Crippen molar-refractivity contribution < 1.29 is 27.4 Å². The van der Waals surface area contributed by atoms with Crippen LogP contribution in [-0.4, -0.2) is 26.2 Å². The minimum absolute atomic E-state index is 0.0421. The monoisotopic (exact) mass is 410 g/mol. The third-order valence-electron chi connectivity index (χ3n) is 5.37. The second-order valence-electron chi connectivity index (χ2n) is 7.21. The summed E-state index contributed by atoms with van der Waals surface area (Å²) in [7, 11) is 1.47. The second-order valence-corrected chi connectivity index (χ2v) is 7.21. The van der Waals surface area contributed by atoms with Crippen LogP contribution in [0.4, 0.5) is 13.2 Å². The molecule has 3 atom stereocenters. The van der Waals surface area contributed by atoms with Crippen molar-refractivity contribution in [2.24, 2.45) is 0 Å². The number of halogens is 3. The average Bonchev–Trinajstić information content (AvgIpc) is 2.72. The Kier molecular flexibility index (Phi) is 7.58. The maximum atomic E-state index is 14.3. The number of hydrogen-bond acceptors (Lipinski definition) is 3. The van der Waals surface area contributed by atoms with Gasteiger partial charge in [0.05, 0.1) is 7.11 Å². The first-order chi connectivity index (χ1) is 13.7. The molecule has 29 heavy (non-hydrogen) atoms. The molecular weight excluding hydrogens is 381 g/mol. The van der Waals surface area contributed by atoms with E-state index in [9.17, 15) is 13.2 Å². The van der Waals surface area contributed by atoms with E-state index in [1.54, 1.807) is 19.1 Å². The van der Waals surface area contributed by atoms with Gasteiger partial charge in [-0.25, -0.2) is 0 Å². The van der Waals surface area contributed by atoms with E-state index in [2.05, 4.69) is 13.8 Å². The van der Waals surface area contributed by atoms with Crippen LogP contribution in [0.25, 0.3) is 0 Å². The van der Waals surface area contributed by atoms with Gasteiger partial charge in [-0.2, -0.15) is 13.2 Å². The van der Waals surface area contributed by atoms with Crippen LogP contribution in [-0.2, 0) is 10.2 Å². The number of rotatable bonds is 9. The number of hydrogen-bond donors (Lipinski definition) is 0. The van der Waals surface area contributed by atoms with Crippen molar-refractivity contribution in [3.05, 3.63) is 59.7 Å². The predicted molar refractivity (Wildman–Crippen MR) is 108 cm³/mol. The summed E-state index contributed by atoms with van der Waals surface area (Å²) in [5.41, 5.74) is -1.22. The van der Waals surface area contributed by atoms with Gasteiger partial charge in [-0.05, 0) is 61.6 Å². The van der Waals surface area contributed by atoms with Gasteiger partial charge in [0.15, 0.2) is 5.41 Å². The summed E-state index contributed by atoms with van der Waals surface area (Å²) in [5, 5.41) is 0. The normalized spacial score (nSPS) is 16.0. The van der Waals surface area contributed by atoms with E-state index in [-0.39, 0.29) is 12.2 Å². The molecule has 0 spiro atoms. The zero-order chi connectivity index (χ0) is 21.7. The number of methoxy groups -OCH3 is 1. The van der Waals surface area contributed by atoms with E-state index in [1.165, 1.54) is 31.4 Å². The molecule has 3 unspecified atom stereocenters. The zero-order valence-electron chi connectivity index (χ0n) is 17.5. The second kappa shape index (κ2) is 9.53. The van der Waals surface area contributed by atoms with Crippen LogP contribution in [0.3, 0.4) is 0 Å². The van der Waals surface area contributed by atoms with Gasteiger partial charge in [-0.15, -0.1) is 0 Å². The zero-order valence-corrected chi connectivity index (χ0v) is 17.5. The lowest BCUT2D eigenvalue weighted by atomic mass is 9.80. The van der Waals surface area contributed by atoms with E-state index in [4.69, 9.17) is 14.2 Å². The fraction of sp³-hybridized carbons (Fsp3) is 0.478. The van der Waals surface area contributed by atoms with Crippen LogP contribution in [0.5, 0.6) is 11.5 Å². The van der Waals surface area contributed by atoms with Crippen molar-refractivity contribution in [1.82, 2.24) is 0 Å². The summed E-state index contributed by atoms with van der Waals surface area (Å²) < 4.78 is 59.1. The third kappa shape index (κ3) is 5.04. The van der Waals surface area contributed by atoms with Gasteiger partial charge in [0.2, 0.25) is 6.29 Å². The van der Waals surface area contributed by atoms with E-state index in [1.807, 2.05) is 12.1 Å². The standard InChI is InChI=1S/C23H29F3O3/c1-6-16(3)17-8-12-20(13-9-17)29-21(28-7-2)22(4,23(24,25)26)18-10-14-19(27-5)15-11-18/h8-16,21H,6-7H2,1-5H3. The molecule has 0 aliphatic carbocycles. The van der Waals surface area contributed by atoms with Gasteiger partial charge in [-0.3, -0.25) is 0 Å². The van der Waals surface area contributed by atoms with Crippen LogP contribution in [0.1, 0.15) is 51.2 Å². The summed E-state index contributed by atoms with van der Waals surface area (Å²) in [5.74, 6) is 1.18. The quantitative estimate of drug-likeness (QED) is 0.444. The molecule has 3 nitrogen and oxygen atoms in total. The molecule has 0 heterocycles. The Balaban J connectivity index is 2.41. The first-order valence-corrected chi connectivity index (χ1v) is 9.76. The third-order valence-corrected chi connectivity index (χ3v) is 5.37. The van der Waals surface area contributed by atoms with Gasteiger partial charge in [0, 0.05) is 6.61 Å². The largest absolute Gasteiger partial charge is 0.497 e. The van der Waals surface area contributed by atoms with Gasteiger partial charge in [0.25, 0.3) is 0 Å². The van der Waals surface area contributed by atoms with Crippen molar-refractivity contribution >= 4 is 0 Å². The molecule has 0 fully saturated rings. The molecule has 2 rings (SSSR count). The Morgan fingerprint density at radius 1 is 0.897 bits per heavy atom. The van der Waals surface area contributed by atoms with Crippen LogP contribution in [0.15, 0.2) is 48.5 Å². The Morgan fingerprint density at radius 2 is 1.45 bits per heavy atom. The Hall–Kier alpha value is -2.21. The molecule has 2 aromatic rings. The molecule has 6 heteroatoms. The molecule has 2 aromatic carbocycles. The smallest absolute Gasteiger partial charge is 0.404 e. The fourth-order valence-corrected chi connectivity index (χ4v) is 3.07. The highest BCUT2D eigenvalue weighted by atomic mass is 19.4. The van der Waals surface area contributed by atoms with Gasteiger partial charge >= 0.3 is 6.18 Å². The molecule has 0 aliphatic heterocycles. The molecule has 0 bridgehead atoms. The molecule has 0 aromatic heterocycles. The van der Waals surface area contributed by atoms with Crippen LogP contribution in [0.2, 0.25) is 0 Å². The van der Waals surface area contributed by atoms with E-state index >= 15 is 0 Å². The maximum absolute atomic E-state index is 14.3. The van der Waals surface area contributed by atoms with Crippen molar-refractivity contribution in [1.29, 1.82) is 0 Å². The lowest BCUT2D eigenvalue weighted by molar-refractivity contribution is -0.256. The van der Waals surface area contributed by atoms with E-state index in [0.717, 1.165) is 18.9 Å². The molecule has 0 N–H and O–H groups in total. The van der Waals surface area contributed by atoms with E-state index in [0.29, 0.717) is 17.4 Å². The summed E-state index contributed by atoms with van der Waals surface area (Å²) in [4.78, 5) is 0. The topological polar surface area (TPSA) is 27.7 Å². The summed E-state index contributed by atoms with van der Waals surface area (Å²) in [6, 6.07) is 12.9. The van der Waals surface area contributed by atoms with Gasteiger partial charge in [-0.1, -0.05) is 38.1 Å². The molecule has 0 saturated heterocycles. The van der Waals surface area contributed by atoms with Gasteiger partial charge in [0.1, 0.15) is 11.5 Å². The van der Waals surface area contributed by atoms with Crippen LogP contribution < -0.4 is 9.47 Å². The highest BCUT2D eigenvalue weighted by Gasteiger charge is 2.59. The van der Waals surface area contributed by atoms with Crippen LogP contribution in [0, 0.1) is 0 Å². The van der Waals surface area contributed by atoms with Crippen molar-refractivity contribution in [3.63, 3.8) is 0 Å². The Morgan fingerprint density at radius 3 is 1.90 bits per heavy atom. The average molecular weight is 410 g/mol. The fourth-order valence-electron chi connectivity index (χ4n) is 3.07. The number of alkyl halides is 3. The summed E-state index contributed by atoms with van der Waals surface area (Å²) >= 11 is 0. The summed E-state index contributed by atoms with van der Waals surface area (Å²) in [6.45, 7) is 7.01. The lowest BCUT2D eigenvalue weighted by Crippen LogP contribution is -2.53. The van der Waals surface area contributed by atoms with Crippen molar-refractivity contribution in [2.45, 2.75) is 57.9 Å². The molecule has 0 radical (unpaired) electrons. The molecule has 160 valence electrons. The number of ether oxygens (including phenoxy) is 3. The molecule has 0 aliphatic rings. The first kappa shape index (κ1) is 23.1. The number of benzene rings is 2. The van der Waals surface area contributed by atoms with E-state index < -0.39 is 17.9 Å². The predicted octanol–water partition coefficient (Wildman–Crippen LogP) is 6.47. The first-order valence-electron chi connectivity index (χ1n) is 9.76. The molecular formula is C23H29F3O3. The Bertz CT molecular complexity index is 756. The Labute approximate surface area is 170 Å². The minimum atomic E-state index is -4.60. The SMILES string of the molecule is CCOC(Oc1ccc(C(C)CC)cc1)C(C)(c1ccc(OC)cc1)C(F)(F)F. The van der Waals surface area contributed by atoms with Crippen molar-refractivity contribution in [3.8, 4) is 11.5 Å². The minimum Gasteiger partial charge on any atom is -0.497 e. The maximum Gasteiger partial charge on any atom is 0.404 e. The summed E-state index contributed by atoms with van der Waals surface area (Å²) in [6.07, 6.45) is -5.17. The highest BCUT2D eigenvalue weighted by Crippen LogP contribution is 2.45. The van der Waals surface area contributed by atoms with Crippen molar-refractivity contribution in [2.75, 3.05) is 13.7 Å². The highest BCUT2D eigenvalue weighted by molar-refractivity contribution is 5.35. The van der Waals surface area contributed by atoms with Crippen LogP contribution >= 0.6 is 0 Å². The van der Waals surface area contributed by atoms with Gasteiger partial charge < -0.3 is 14.2 Å². The molecule has 0 amide bonds. The lowest BCUT2D eigenvalue weighted by Gasteiger charge is -2.38.